The van der Waals surface area contributed by atoms with Crippen LogP contribution in [0.5, 0.6) is 5.75 Å². The highest BCUT2D eigenvalue weighted by molar-refractivity contribution is 9.11. The standard InChI is InChI=1S/C24H20Br2N2O3/c1-12-5-6-15(24-28-20-7-13(2)14(3)8-21(20)31-24)9-19(12)27-23(29)17-10-16(25)11-18(26)22(17)30-4/h5-11H,1-4H3,(H,27,29). The Morgan fingerprint density at radius 3 is 2.48 bits per heavy atom. The molecule has 0 fully saturated rings. The van der Waals surface area contributed by atoms with Gasteiger partial charge < -0.3 is 14.5 Å². The average molecular weight is 544 g/mol. The van der Waals surface area contributed by atoms with Crippen molar-refractivity contribution < 1.29 is 13.9 Å². The summed E-state index contributed by atoms with van der Waals surface area (Å²) in [7, 11) is 1.54. The fourth-order valence-corrected chi connectivity index (χ4v) is 4.71. The molecule has 1 N–H and O–H groups in total. The molecule has 31 heavy (non-hydrogen) atoms. The molecular formula is C24H20Br2N2O3. The predicted octanol–water partition coefficient (Wildman–Crippen LogP) is 7.21. The molecule has 4 rings (SSSR count). The Kier molecular flexibility index (Phi) is 5.90. The molecule has 1 amide bonds. The molecule has 4 aromatic rings. The molecule has 0 saturated carbocycles. The molecule has 0 spiro atoms. The van der Waals surface area contributed by atoms with Gasteiger partial charge in [0.05, 0.1) is 17.1 Å². The number of hydrogen-bond donors (Lipinski definition) is 1. The van der Waals surface area contributed by atoms with Crippen molar-refractivity contribution in [3.05, 3.63) is 73.7 Å². The van der Waals surface area contributed by atoms with Crippen molar-refractivity contribution in [2.75, 3.05) is 12.4 Å². The minimum absolute atomic E-state index is 0.275. The molecule has 158 valence electrons. The van der Waals surface area contributed by atoms with Gasteiger partial charge in [0, 0.05) is 15.7 Å². The molecule has 7 heteroatoms. The maximum absolute atomic E-state index is 13.0. The number of oxazole rings is 1. The Morgan fingerprint density at radius 2 is 1.74 bits per heavy atom. The van der Waals surface area contributed by atoms with Crippen molar-refractivity contribution in [2.45, 2.75) is 20.8 Å². The van der Waals surface area contributed by atoms with E-state index in [1.165, 1.54) is 12.7 Å². The zero-order chi connectivity index (χ0) is 22.3. The van der Waals surface area contributed by atoms with Crippen molar-refractivity contribution >= 4 is 54.6 Å². The third-order valence-corrected chi connectivity index (χ3v) is 6.24. The topological polar surface area (TPSA) is 64.4 Å². The number of aromatic nitrogens is 1. The Hall–Kier alpha value is -2.64. The van der Waals surface area contributed by atoms with Crippen LogP contribution in [-0.2, 0) is 0 Å². The van der Waals surface area contributed by atoms with Gasteiger partial charge in [-0.15, -0.1) is 0 Å². The highest BCUT2D eigenvalue weighted by atomic mass is 79.9. The number of nitrogens with one attached hydrogen (secondary N) is 1. The summed E-state index contributed by atoms with van der Waals surface area (Å²) in [5, 5.41) is 2.99. The number of carbonyl (C=O) groups is 1. The lowest BCUT2D eigenvalue weighted by Gasteiger charge is -2.13. The fourth-order valence-electron chi connectivity index (χ4n) is 3.32. The van der Waals surface area contributed by atoms with E-state index in [0.717, 1.165) is 32.3 Å². The highest BCUT2D eigenvalue weighted by Crippen LogP contribution is 2.34. The molecule has 0 saturated heterocycles. The number of aryl methyl sites for hydroxylation is 3. The monoisotopic (exact) mass is 542 g/mol. The Balaban J connectivity index is 1.70. The van der Waals surface area contributed by atoms with Gasteiger partial charge in [0.25, 0.3) is 5.91 Å². The van der Waals surface area contributed by atoms with Crippen LogP contribution in [0.1, 0.15) is 27.0 Å². The number of halogens is 2. The van der Waals surface area contributed by atoms with Crippen molar-refractivity contribution in [1.82, 2.24) is 4.98 Å². The first kappa shape index (κ1) is 21.6. The molecule has 1 heterocycles. The third kappa shape index (κ3) is 4.25. The van der Waals surface area contributed by atoms with E-state index in [0.29, 0.717) is 27.4 Å². The van der Waals surface area contributed by atoms with E-state index in [1.807, 2.05) is 50.2 Å². The summed E-state index contributed by atoms with van der Waals surface area (Å²) in [4.78, 5) is 17.7. The predicted molar refractivity (Wildman–Crippen MR) is 130 cm³/mol. The summed E-state index contributed by atoms with van der Waals surface area (Å²) < 4.78 is 12.9. The van der Waals surface area contributed by atoms with Crippen LogP contribution in [0.25, 0.3) is 22.6 Å². The normalized spacial score (nSPS) is 11.0. The van der Waals surface area contributed by atoms with Crippen LogP contribution < -0.4 is 10.1 Å². The van der Waals surface area contributed by atoms with Gasteiger partial charge in [-0.05, 0) is 89.8 Å². The minimum Gasteiger partial charge on any atom is -0.495 e. The van der Waals surface area contributed by atoms with Crippen LogP contribution in [0, 0.1) is 20.8 Å². The molecule has 0 aliphatic rings. The molecule has 5 nitrogen and oxygen atoms in total. The average Bonchev–Trinajstić information content (AvgIpc) is 3.12. The molecule has 3 aromatic carbocycles. The number of rotatable bonds is 4. The first-order valence-corrected chi connectivity index (χ1v) is 11.2. The Morgan fingerprint density at radius 1 is 1.00 bits per heavy atom. The number of anilines is 1. The summed E-state index contributed by atoms with van der Waals surface area (Å²) in [6.07, 6.45) is 0. The van der Waals surface area contributed by atoms with E-state index in [9.17, 15) is 4.79 Å². The van der Waals surface area contributed by atoms with Crippen LogP contribution in [0.3, 0.4) is 0 Å². The second kappa shape index (κ2) is 8.48. The SMILES string of the molecule is COc1c(Br)cc(Br)cc1C(=O)Nc1cc(-c2nc3cc(C)c(C)cc3o2)ccc1C. The molecule has 0 bridgehead atoms. The van der Waals surface area contributed by atoms with Crippen LogP contribution in [-0.4, -0.2) is 18.0 Å². The second-order valence-corrected chi connectivity index (χ2v) is 9.15. The van der Waals surface area contributed by atoms with Crippen molar-refractivity contribution in [3.8, 4) is 17.2 Å². The zero-order valence-corrected chi connectivity index (χ0v) is 20.6. The quantitative estimate of drug-likeness (QED) is 0.295. The van der Waals surface area contributed by atoms with E-state index in [4.69, 9.17) is 9.15 Å². The smallest absolute Gasteiger partial charge is 0.259 e. The Bertz CT molecular complexity index is 1290. The number of ether oxygens (including phenoxy) is 1. The fraction of sp³-hybridized carbons (Fsp3) is 0.167. The summed E-state index contributed by atoms with van der Waals surface area (Å²) in [6.45, 7) is 6.04. The Labute approximate surface area is 197 Å². The van der Waals surface area contributed by atoms with Gasteiger partial charge in [-0.3, -0.25) is 4.79 Å². The third-order valence-electron chi connectivity index (χ3n) is 5.19. The number of benzene rings is 3. The number of hydrogen-bond acceptors (Lipinski definition) is 4. The summed E-state index contributed by atoms with van der Waals surface area (Å²) in [6, 6.07) is 13.3. The van der Waals surface area contributed by atoms with E-state index in [-0.39, 0.29) is 5.91 Å². The summed E-state index contributed by atoms with van der Waals surface area (Å²) >= 11 is 6.87. The first-order valence-electron chi connectivity index (χ1n) is 9.60. The zero-order valence-electron chi connectivity index (χ0n) is 17.5. The summed E-state index contributed by atoms with van der Waals surface area (Å²) in [5.74, 6) is 0.709. The number of methoxy groups -OCH3 is 1. The lowest BCUT2D eigenvalue weighted by molar-refractivity contribution is 0.102. The molecule has 1 aromatic heterocycles. The van der Waals surface area contributed by atoms with E-state index in [1.54, 1.807) is 6.07 Å². The molecular weight excluding hydrogens is 524 g/mol. The maximum atomic E-state index is 13.0. The van der Waals surface area contributed by atoms with Gasteiger partial charge in [-0.2, -0.15) is 0 Å². The molecule has 0 atom stereocenters. The van der Waals surface area contributed by atoms with Gasteiger partial charge in [0.2, 0.25) is 5.89 Å². The second-order valence-electron chi connectivity index (χ2n) is 7.38. The van der Waals surface area contributed by atoms with Crippen molar-refractivity contribution in [1.29, 1.82) is 0 Å². The minimum atomic E-state index is -0.275. The molecule has 0 aliphatic carbocycles. The maximum Gasteiger partial charge on any atom is 0.259 e. The molecule has 0 radical (unpaired) electrons. The van der Waals surface area contributed by atoms with Gasteiger partial charge in [-0.25, -0.2) is 4.98 Å². The highest BCUT2D eigenvalue weighted by Gasteiger charge is 2.18. The largest absolute Gasteiger partial charge is 0.495 e. The van der Waals surface area contributed by atoms with E-state index in [2.05, 4.69) is 49.1 Å². The molecule has 0 unspecified atom stereocenters. The van der Waals surface area contributed by atoms with E-state index >= 15 is 0 Å². The lowest BCUT2D eigenvalue weighted by Crippen LogP contribution is -2.14. The first-order chi connectivity index (χ1) is 14.8. The van der Waals surface area contributed by atoms with E-state index < -0.39 is 0 Å². The number of carbonyl (C=O) groups excluding carboxylic acids is 1. The van der Waals surface area contributed by atoms with Crippen molar-refractivity contribution in [2.24, 2.45) is 0 Å². The van der Waals surface area contributed by atoms with Crippen molar-refractivity contribution in [3.63, 3.8) is 0 Å². The van der Waals surface area contributed by atoms with Gasteiger partial charge in [0.15, 0.2) is 5.58 Å². The van der Waals surface area contributed by atoms with Gasteiger partial charge >= 0.3 is 0 Å². The number of nitrogens with zero attached hydrogens (tertiary/aromatic N) is 1. The lowest BCUT2D eigenvalue weighted by atomic mass is 10.1. The molecule has 0 aliphatic heterocycles. The summed E-state index contributed by atoms with van der Waals surface area (Å²) in [5.41, 5.74) is 6.68. The number of amides is 1. The van der Waals surface area contributed by atoms with Crippen LogP contribution in [0.4, 0.5) is 5.69 Å². The van der Waals surface area contributed by atoms with Crippen LogP contribution in [0.2, 0.25) is 0 Å². The van der Waals surface area contributed by atoms with Crippen LogP contribution in [0.15, 0.2) is 55.8 Å². The van der Waals surface area contributed by atoms with Gasteiger partial charge in [-0.1, -0.05) is 22.0 Å². The van der Waals surface area contributed by atoms with Crippen LogP contribution >= 0.6 is 31.9 Å². The number of fused-ring (bicyclic) bond motifs is 1. The van der Waals surface area contributed by atoms with Gasteiger partial charge in [0.1, 0.15) is 11.3 Å².